The molecule has 104 valence electrons. The second kappa shape index (κ2) is 6.92. The van der Waals surface area contributed by atoms with Crippen LogP contribution in [0.3, 0.4) is 0 Å². The predicted octanol–water partition coefficient (Wildman–Crippen LogP) is 2.39. The normalized spacial score (nSPS) is 13.7. The average molecular weight is 264 g/mol. The minimum Gasteiger partial charge on any atom is -0.468 e. The lowest BCUT2D eigenvalue weighted by atomic mass is 9.80. The molecule has 0 fully saturated rings. The van der Waals surface area contributed by atoms with Crippen LogP contribution in [0.25, 0.3) is 0 Å². The number of hydrogen-bond acceptors (Lipinski definition) is 4. The van der Waals surface area contributed by atoms with Gasteiger partial charge >= 0.3 is 11.9 Å². The molecular weight excluding hydrogens is 244 g/mol. The van der Waals surface area contributed by atoms with Gasteiger partial charge in [-0.05, 0) is 17.4 Å². The molecule has 1 aromatic rings. The second-order valence-corrected chi connectivity index (χ2v) is 4.58. The highest BCUT2D eigenvalue weighted by molar-refractivity contribution is 5.95. The molecule has 19 heavy (non-hydrogen) atoms. The van der Waals surface area contributed by atoms with Gasteiger partial charge in [0.1, 0.15) is 0 Å². The maximum absolute atomic E-state index is 11.8. The van der Waals surface area contributed by atoms with Gasteiger partial charge < -0.3 is 9.47 Å². The molecule has 0 radical (unpaired) electrons. The van der Waals surface area contributed by atoms with Crippen molar-refractivity contribution < 1.29 is 19.1 Å². The van der Waals surface area contributed by atoms with Gasteiger partial charge in [-0.1, -0.05) is 44.2 Å². The van der Waals surface area contributed by atoms with Gasteiger partial charge in [0.05, 0.1) is 14.2 Å². The van der Waals surface area contributed by atoms with Gasteiger partial charge in [0.25, 0.3) is 0 Å². The molecule has 0 bridgehead atoms. The number of esters is 2. The van der Waals surface area contributed by atoms with E-state index in [9.17, 15) is 9.59 Å². The topological polar surface area (TPSA) is 52.6 Å². The Morgan fingerprint density at radius 3 is 1.84 bits per heavy atom. The van der Waals surface area contributed by atoms with Crippen LogP contribution in [-0.2, 0) is 19.1 Å². The molecule has 0 heterocycles. The lowest BCUT2D eigenvalue weighted by molar-refractivity contribution is -0.161. The molecule has 1 rings (SSSR count). The number of benzene rings is 1. The average Bonchev–Trinajstić information content (AvgIpc) is 2.46. The summed E-state index contributed by atoms with van der Waals surface area (Å²) >= 11 is 0. The number of ether oxygens (including phenoxy) is 2. The van der Waals surface area contributed by atoms with Crippen molar-refractivity contribution in [3.8, 4) is 0 Å². The Hall–Kier alpha value is -1.84. The van der Waals surface area contributed by atoms with Crippen LogP contribution in [0.5, 0.6) is 0 Å². The summed E-state index contributed by atoms with van der Waals surface area (Å²) in [5.41, 5.74) is 1.08. The van der Waals surface area contributed by atoms with Crippen molar-refractivity contribution in [1.82, 2.24) is 0 Å². The first-order valence-electron chi connectivity index (χ1n) is 6.23. The van der Waals surface area contributed by atoms with E-state index in [0.717, 1.165) is 5.56 Å². The van der Waals surface area contributed by atoms with E-state index in [1.807, 2.05) is 44.2 Å². The fourth-order valence-electron chi connectivity index (χ4n) is 2.13. The quantitative estimate of drug-likeness (QED) is 0.605. The fourth-order valence-corrected chi connectivity index (χ4v) is 2.13. The summed E-state index contributed by atoms with van der Waals surface area (Å²) in [6, 6.07) is 9.76. The molecule has 0 aliphatic heterocycles. The summed E-state index contributed by atoms with van der Waals surface area (Å²) in [6.45, 7) is 3.84. The van der Waals surface area contributed by atoms with E-state index >= 15 is 0 Å². The van der Waals surface area contributed by atoms with Gasteiger partial charge in [0, 0.05) is 0 Å². The van der Waals surface area contributed by atoms with Crippen molar-refractivity contribution in [2.24, 2.45) is 11.8 Å². The van der Waals surface area contributed by atoms with Crippen molar-refractivity contribution in [1.29, 1.82) is 0 Å². The van der Waals surface area contributed by atoms with Crippen molar-refractivity contribution in [3.63, 3.8) is 0 Å². The van der Waals surface area contributed by atoms with Crippen LogP contribution in [0.1, 0.15) is 25.3 Å². The van der Waals surface area contributed by atoms with E-state index in [1.165, 1.54) is 14.2 Å². The Labute approximate surface area is 113 Å². The number of methoxy groups -OCH3 is 2. The third-order valence-corrected chi connectivity index (χ3v) is 3.55. The minimum absolute atomic E-state index is 0.0457. The monoisotopic (exact) mass is 264 g/mol. The Balaban J connectivity index is 2.96. The van der Waals surface area contributed by atoms with Crippen LogP contribution < -0.4 is 0 Å². The van der Waals surface area contributed by atoms with Crippen molar-refractivity contribution in [2.75, 3.05) is 14.2 Å². The zero-order valence-electron chi connectivity index (χ0n) is 11.8. The van der Waals surface area contributed by atoms with Crippen LogP contribution >= 0.6 is 0 Å². The first-order valence-corrected chi connectivity index (χ1v) is 6.23. The molecule has 0 aromatic heterocycles. The van der Waals surface area contributed by atoms with Crippen LogP contribution in [-0.4, -0.2) is 26.2 Å². The van der Waals surface area contributed by atoms with Gasteiger partial charge in [-0.15, -0.1) is 0 Å². The van der Waals surface area contributed by atoms with Crippen molar-refractivity contribution >= 4 is 11.9 Å². The highest BCUT2D eigenvalue weighted by atomic mass is 16.5. The molecule has 4 heteroatoms. The van der Waals surface area contributed by atoms with E-state index in [1.54, 1.807) is 0 Å². The first kappa shape index (κ1) is 15.2. The lowest BCUT2D eigenvalue weighted by Gasteiger charge is -2.25. The van der Waals surface area contributed by atoms with Crippen LogP contribution in [0.15, 0.2) is 30.3 Å². The maximum Gasteiger partial charge on any atom is 0.320 e. The fraction of sp³-hybridized carbons (Fsp3) is 0.467. The number of rotatable bonds is 5. The van der Waals surface area contributed by atoms with E-state index < -0.39 is 17.9 Å². The summed E-state index contributed by atoms with van der Waals surface area (Å²) in [5.74, 6) is -2.17. The van der Waals surface area contributed by atoms with Crippen molar-refractivity contribution in [3.05, 3.63) is 35.9 Å². The minimum atomic E-state index is -0.898. The zero-order valence-corrected chi connectivity index (χ0v) is 11.8. The molecule has 0 saturated carbocycles. The van der Waals surface area contributed by atoms with Gasteiger partial charge in [-0.25, -0.2) is 0 Å². The maximum atomic E-state index is 11.8. The molecule has 0 spiro atoms. The van der Waals surface area contributed by atoms with E-state index in [4.69, 9.17) is 9.47 Å². The van der Waals surface area contributed by atoms with Crippen LogP contribution in [0.4, 0.5) is 0 Å². The van der Waals surface area contributed by atoms with Gasteiger partial charge in [-0.2, -0.15) is 0 Å². The number of carbonyl (C=O) groups excluding carboxylic acids is 2. The molecule has 0 N–H and O–H groups in total. The lowest BCUT2D eigenvalue weighted by Crippen LogP contribution is -2.34. The summed E-state index contributed by atoms with van der Waals surface area (Å²) in [6.07, 6.45) is 0. The van der Waals surface area contributed by atoms with E-state index in [-0.39, 0.29) is 11.8 Å². The van der Waals surface area contributed by atoms with Crippen molar-refractivity contribution in [2.45, 2.75) is 19.8 Å². The van der Waals surface area contributed by atoms with E-state index in [2.05, 4.69) is 0 Å². The van der Waals surface area contributed by atoms with E-state index in [0.29, 0.717) is 0 Å². The van der Waals surface area contributed by atoms with Gasteiger partial charge in [-0.3, -0.25) is 9.59 Å². The largest absolute Gasteiger partial charge is 0.468 e. The third kappa shape index (κ3) is 3.56. The van der Waals surface area contributed by atoms with Gasteiger partial charge in [0.2, 0.25) is 0 Å². The number of carbonyl (C=O) groups is 2. The Bertz CT molecular complexity index is 411. The third-order valence-electron chi connectivity index (χ3n) is 3.55. The first-order chi connectivity index (χ1) is 9.02. The highest BCUT2D eigenvalue weighted by Crippen LogP contribution is 2.31. The highest BCUT2D eigenvalue weighted by Gasteiger charge is 2.37. The van der Waals surface area contributed by atoms with Crippen LogP contribution in [0, 0.1) is 11.8 Å². The molecule has 0 saturated heterocycles. The molecule has 0 amide bonds. The SMILES string of the molecule is COC(=O)C(C(=O)OC)[C@@H](C)[C@@H](C)c1ccccc1. The standard InChI is InChI=1S/C15H20O4/c1-10(12-8-6-5-7-9-12)11(2)13(14(16)18-3)15(17)19-4/h5-11,13H,1-4H3/t10-,11+/m1/s1. The van der Waals surface area contributed by atoms with Crippen LogP contribution in [0.2, 0.25) is 0 Å². The second-order valence-electron chi connectivity index (χ2n) is 4.58. The Morgan fingerprint density at radius 2 is 1.42 bits per heavy atom. The Morgan fingerprint density at radius 1 is 0.947 bits per heavy atom. The molecule has 2 atom stereocenters. The molecule has 0 unspecified atom stereocenters. The Kier molecular flexibility index (Phi) is 5.55. The molecule has 0 aliphatic rings. The zero-order chi connectivity index (χ0) is 14.4. The summed E-state index contributed by atoms with van der Waals surface area (Å²) in [5, 5.41) is 0. The molecule has 0 aliphatic carbocycles. The predicted molar refractivity (Wildman–Crippen MR) is 71.5 cm³/mol. The summed E-state index contributed by atoms with van der Waals surface area (Å²) in [7, 11) is 2.55. The summed E-state index contributed by atoms with van der Waals surface area (Å²) < 4.78 is 9.41. The number of hydrogen-bond donors (Lipinski definition) is 0. The smallest absolute Gasteiger partial charge is 0.320 e. The molecular formula is C15H20O4. The van der Waals surface area contributed by atoms with Gasteiger partial charge in [0.15, 0.2) is 5.92 Å². The summed E-state index contributed by atoms with van der Waals surface area (Å²) in [4.78, 5) is 23.5. The molecule has 4 nitrogen and oxygen atoms in total. The molecule has 1 aromatic carbocycles.